The number of rotatable bonds is 3. The van der Waals surface area contributed by atoms with E-state index in [4.69, 9.17) is 0 Å². The second kappa shape index (κ2) is 7.95. The monoisotopic (exact) mass is 364 g/mol. The third kappa shape index (κ3) is 4.05. The summed E-state index contributed by atoms with van der Waals surface area (Å²) in [7, 11) is 0. The number of anilines is 1. The van der Waals surface area contributed by atoms with Gasteiger partial charge < -0.3 is 10.2 Å². The standard InChI is InChI=1S/C23H28N2O2/c1-15-8-7-10-20(18(15)4)22(26)24-21-12-11-19(14-16(21)2)23(27)25-13-6-5-9-17(25)3/h7-8,10-12,14,17H,5-6,9,13H2,1-4H3,(H,24,26). The molecule has 1 N–H and O–H groups in total. The molecule has 0 spiro atoms. The van der Waals surface area contributed by atoms with Crippen LogP contribution >= 0.6 is 0 Å². The Morgan fingerprint density at radius 1 is 1.04 bits per heavy atom. The molecule has 1 saturated heterocycles. The van der Waals surface area contributed by atoms with Crippen LogP contribution in [0.5, 0.6) is 0 Å². The van der Waals surface area contributed by atoms with Crippen LogP contribution in [0.25, 0.3) is 0 Å². The molecule has 0 bridgehead atoms. The van der Waals surface area contributed by atoms with E-state index in [2.05, 4.69) is 12.2 Å². The van der Waals surface area contributed by atoms with Gasteiger partial charge in [-0.3, -0.25) is 9.59 Å². The molecule has 2 aromatic rings. The molecular formula is C23H28N2O2. The fourth-order valence-electron chi connectivity index (χ4n) is 3.69. The highest BCUT2D eigenvalue weighted by Crippen LogP contribution is 2.23. The summed E-state index contributed by atoms with van der Waals surface area (Å²) in [6.07, 6.45) is 3.32. The number of nitrogens with one attached hydrogen (secondary N) is 1. The van der Waals surface area contributed by atoms with Crippen molar-refractivity contribution in [3.8, 4) is 0 Å². The van der Waals surface area contributed by atoms with Crippen molar-refractivity contribution < 1.29 is 9.59 Å². The number of benzene rings is 2. The number of carbonyl (C=O) groups is 2. The van der Waals surface area contributed by atoms with E-state index < -0.39 is 0 Å². The van der Waals surface area contributed by atoms with E-state index in [1.165, 1.54) is 6.42 Å². The molecule has 142 valence electrons. The average molecular weight is 364 g/mol. The number of piperidine rings is 1. The topological polar surface area (TPSA) is 49.4 Å². The van der Waals surface area contributed by atoms with Crippen molar-refractivity contribution in [2.45, 2.75) is 53.0 Å². The molecule has 0 aromatic heterocycles. The molecule has 0 saturated carbocycles. The molecule has 1 heterocycles. The van der Waals surface area contributed by atoms with Crippen molar-refractivity contribution in [2.75, 3.05) is 11.9 Å². The first-order chi connectivity index (χ1) is 12.9. The van der Waals surface area contributed by atoms with E-state index in [1.54, 1.807) is 0 Å². The Kier molecular flexibility index (Phi) is 5.64. The maximum Gasteiger partial charge on any atom is 0.255 e. The predicted octanol–water partition coefficient (Wildman–Crippen LogP) is 4.88. The average Bonchev–Trinajstić information content (AvgIpc) is 2.65. The number of amides is 2. The first kappa shape index (κ1) is 19.2. The summed E-state index contributed by atoms with van der Waals surface area (Å²) in [6.45, 7) is 8.82. The highest BCUT2D eigenvalue weighted by Gasteiger charge is 2.24. The highest BCUT2D eigenvalue weighted by atomic mass is 16.2. The smallest absolute Gasteiger partial charge is 0.255 e. The normalized spacial score (nSPS) is 16.9. The predicted molar refractivity (Wildman–Crippen MR) is 109 cm³/mol. The second-order valence-electron chi connectivity index (χ2n) is 7.57. The van der Waals surface area contributed by atoms with Crippen molar-refractivity contribution in [2.24, 2.45) is 0 Å². The van der Waals surface area contributed by atoms with Gasteiger partial charge in [0.05, 0.1) is 0 Å². The Bertz CT molecular complexity index is 873. The zero-order chi connectivity index (χ0) is 19.6. The Morgan fingerprint density at radius 3 is 2.52 bits per heavy atom. The molecule has 1 unspecified atom stereocenters. The van der Waals surface area contributed by atoms with E-state index >= 15 is 0 Å². The van der Waals surface area contributed by atoms with Gasteiger partial charge in [0.25, 0.3) is 11.8 Å². The van der Waals surface area contributed by atoms with Crippen molar-refractivity contribution >= 4 is 17.5 Å². The van der Waals surface area contributed by atoms with Crippen LogP contribution in [0.2, 0.25) is 0 Å². The fraction of sp³-hybridized carbons (Fsp3) is 0.391. The van der Waals surface area contributed by atoms with Gasteiger partial charge in [0.1, 0.15) is 0 Å². The van der Waals surface area contributed by atoms with Crippen molar-refractivity contribution in [1.29, 1.82) is 0 Å². The lowest BCUT2D eigenvalue weighted by molar-refractivity contribution is 0.0635. The van der Waals surface area contributed by atoms with Gasteiger partial charge in [-0.2, -0.15) is 0 Å². The largest absolute Gasteiger partial charge is 0.336 e. The Morgan fingerprint density at radius 2 is 1.81 bits per heavy atom. The number of nitrogens with zero attached hydrogens (tertiary/aromatic N) is 1. The lowest BCUT2D eigenvalue weighted by Crippen LogP contribution is -2.42. The van der Waals surface area contributed by atoms with E-state index in [1.807, 2.05) is 62.1 Å². The van der Waals surface area contributed by atoms with E-state index in [9.17, 15) is 9.59 Å². The summed E-state index contributed by atoms with van der Waals surface area (Å²) in [6, 6.07) is 11.5. The molecule has 2 aromatic carbocycles. The van der Waals surface area contributed by atoms with Gasteiger partial charge in [0, 0.05) is 29.4 Å². The van der Waals surface area contributed by atoms with Crippen LogP contribution < -0.4 is 5.32 Å². The SMILES string of the molecule is Cc1cc(C(=O)N2CCCCC2C)ccc1NC(=O)c1cccc(C)c1C. The van der Waals surface area contributed by atoms with E-state index in [0.29, 0.717) is 11.1 Å². The third-order valence-electron chi connectivity index (χ3n) is 5.63. The van der Waals surface area contributed by atoms with E-state index in [0.717, 1.165) is 41.8 Å². The summed E-state index contributed by atoms with van der Waals surface area (Å²) in [4.78, 5) is 27.5. The Labute approximate surface area is 161 Å². The van der Waals surface area contributed by atoms with Crippen molar-refractivity contribution in [3.63, 3.8) is 0 Å². The van der Waals surface area contributed by atoms with Crippen LogP contribution in [0, 0.1) is 20.8 Å². The molecule has 1 fully saturated rings. The number of likely N-dealkylation sites (tertiary alicyclic amines) is 1. The van der Waals surface area contributed by atoms with Crippen molar-refractivity contribution in [1.82, 2.24) is 4.90 Å². The summed E-state index contributed by atoms with van der Waals surface area (Å²) in [5.41, 5.74) is 5.07. The molecule has 1 aliphatic heterocycles. The van der Waals surface area contributed by atoms with Gasteiger partial charge in [0.2, 0.25) is 0 Å². The fourth-order valence-corrected chi connectivity index (χ4v) is 3.69. The molecule has 27 heavy (non-hydrogen) atoms. The van der Waals surface area contributed by atoms with Crippen LogP contribution in [0.15, 0.2) is 36.4 Å². The second-order valence-corrected chi connectivity index (χ2v) is 7.57. The van der Waals surface area contributed by atoms with Crippen LogP contribution in [0.4, 0.5) is 5.69 Å². The minimum Gasteiger partial charge on any atom is -0.336 e. The van der Waals surface area contributed by atoms with Gasteiger partial charge >= 0.3 is 0 Å². The molecule has 2 amide bonds. The summed E-state index contributed by atoms with van der Waals surface area (Å²) in [5.74, 6) is -0.0410. The Balaban J connectivity index is 1.77. The first-order valence-corrected chi connectivity index (χ1v) is 9.67. The molecular weight excluding hydrogens is 336 g/mol. The van der Waals surface area contributed by atoms with Gasteiger partial charge in [-0.15, -0.1) is 0 Å². The highest BCUT2D eigenvalue weighted by molar-refractivity contribution is 6.06. The van der Waals surface area contributed by atoms with Gasteiger partial charge in [-0.1, -0.05) is 12.1 Å². The Hall–Kier alpha value is -2.62. The van der Waals surface area contributed by atoms with Crippen LogP contribution in [0.1, 0.15) is 63.6 Å². The molecule has 0 radical (unpaired) electrons. The van der Waals surface area contributed by atoms with Crippen LogP contribution in [-0.2, 0) is 0 Å². The third-order valence-corrected chi connectivity index (χ3v) is 5.63. The zero-order valence-corrected chi connectivity index (χ0v) is 16.6. The van der Waals surface area contributed by atoms with Gasteiger partial charge in [-0.25, -0.2) is 0 Å². The number of hydrogen-bond acceptors (Lipinski definition) is 2. The molecule has 4 nitrogen and oxygen atoms in total. The van der Waals surface area contributed by atoms with Crippen LogP contribution in [-0.4, -0.2) is 29.3 Å². The maximum absolute atomic E-state index is 12.8. The number of aryl methyl sites for hydroxylation is 2. The molecule has 0 aliphatic carbocycles. The molecule has 1 aliphatic rings. The minimum absolute atomic E-state index is 0.0812. The van der Waals surface area contributed by atoms with Crippen LogP contribution in [0.3, 0.4) is 0 Å². The lowest BCUT2D eigenvalue weighted by atomic mass is 10.0. The minimum atomic E-state index is -0.122. The quantitative estimate of drug-likeness (QED) is 0.844. The summed E-state index contributed by atoms with van der Waals surface area (Å²) in [5, 5.41) is 2.99. The first-order valence-electron chi connectivity index (χ1n) is 9.67. The maximum atomic E-state index is 12.8. The molecule has 1 atom stereocenters. The number of carbonyl (C=O) groups excluding carboxylic acids is 2. The van der Waals surface area contributed by atoms with Gasteiger partial charge in [-0.05, 0) is 87.9 Å². The van der Waals surface area contributed by atoms with Crippen molar-refractivity contribution in [3.05, 3.63) is 64.2 Å². The molecule has 4 heteroatoms. The summed E-state index contributed by atoms with van der Waals surface area (Å²) >= 11 is 0. The van der Waals surface area contributed by atoms with E-state index in [-0.39, 0.29) is 17.9 Å². The lowest BCUT2D eigenvalue weighted by Gasteiger charge is -2.33. The number of hydrogen-bond donors (Lipinski definition) is 1. The molecule has 3 rings (SSSR count). The zero-order valence-electron chi connectivity index (χ0n) is 16.6. The summed E-state index contributed by atoms with van der Waals surface area (Å²) < 4.78 is 0. The van der Waals surface area contributed by atoms with Gasteiger partial charge in [0.15, 0.2) is 0 Å².